The van der Waals surface area contributed by atoms with Gasteiger partial charge in [0.1, 0.15) is 6.10 Å². The fourth-order valence-electron chi connectivity index (χ4n) is 4.25. The smallest absolute Gasteiger partial charge is 0.414 e. The lowest BCUT2D eigenvalue weighted by atomic mass is 10.0. The van der Waals surface area contributed by atoms with Crippen molar-refractivity contribution < 1.29 is 19.5 Å². The number of fused-ring (bicyclic) bond motifs is 1. The van der Waals surface area contributed by atoms with Gasteiger partial charge in [0.15, 0.2) is 0 Å². The second-order valence-electron chi connectivity index (χ2n) is 7.21. The Balaban J connectivity index is 1.41. The SMILES string of the molecule is CC(=O)NC[C@H]1CN(c2ccc(C3=CCC4C(CNO)C34)cc2)C(=O)O1. The Morgan fingerprint density at radius 1 is 1.31 bits per heavy atom. The molecular weight excluding hydrogens is 334 g/mol. The van der Waals surface area contributed by atoms with Gasteiger partial charge in [0, 0.05) is 19.2 Å². The second kappa shape index (κ2) is 6.74. The number of nitrogens with zero attached hydrogens (tertiary/aromatic N) is 1. The van der Waals surface area contributed by atoms with Crippen LogP contribution in [-0.2, 0) is 9.53 Å². The van der Waals surface area contributed by atoms with E-state index in [-0.39, 0.29) is 18.1 Å². The number of hydrogen-bond acceptors (Lipinski definition) is 5. The third-order valence-corrected chi connectivity index (χ3v) is 5.59. The minimum Gasteiger partial charge on any atom is -0.442 e. The number of allylic oxidation sites excluding steroid dienone is 2. The van der Waals surface area contributed by atoms with Gasteiger partial charge in [0.2, 0.25) is 5.91 Å². The number of rotatable bonds is 6. The van der Waals surface area contributed by atoms with Crippen molar-refractivity contribution >= 4 is 23.3 Å². The molecule has 4 atom stereocenters. The lowest BCUT2D eigenvalue weighted by Gasteiger charge is -2.14. The van der Waals surface area contributed by atoms with E-state index in [0.717, 1.165) is 12.1 Å². The van der Waals surface area contributed by atoms with Crippen LogP contribution in [0.1, 0.15) is 18.9 Å². The third kappa shape index (κ3) is 3.08. The first-order valence-electron chi connectivity index (χ1n) is 8.98. The fourth-order valence-corrected chi connectivity index (χ4v) is 4.25. The average molecular weight is 357 g/mol. The van der Waals surface area contributed by atoms with Gasteiger partial charge in [-0.05, 0) is 47.4 Å². The largest absolute Gasteiger partial charge is 0.442 e. The van der Waals surface area contributed by atoms with Crippen molar-refractivity contribution in [3.63, 3.8) is 0 Å². The van der Waals surface area contributed by atoms with Gasteiger partial charge in [-0.15, -0.1) is 0 Å². The predicted octanol–water partition coefficient (Wildman–Crippen LogP) is 1.78. The average Bonchev–Trinajstić information content (AvgIpc) is 2.96. The van der Waals surface area contributed by atoms with Crippen LogP contribution < -0.4 is 15.7 Å². The fraction of sp³-hybridized carbons (Fsp3) is 0.474. The Kier molecular flexibility index (Phi) is 4.42. The second-order valence-corrected chi connectivity index (χ2v) is 7.21. The van der Waals surface area contributed by atoms with Crippen LogP contribution in [0.2, 0.25) is 0 Å². The standard InChI is InChI=1S/C19H23N3O4/c1-11(23)20-8-14-10-22(19(24)26-14)13-4-2-12(3-5-13)15-6-7-16-17(9-21-25)18(15)16/h2-6,14,16-18,21,25H,7-10H2,1H3,(H,20,23)/t14-,16?,17?,18?/m0/s1. The maximum absolute atomic E-state index is 12.1. The van der Waals surface area contributed by atoms with Crippen molar-refractivity contribution in [2.45, 2.75) is 19.4 Å². The van der Waals surface area contributed by atoms with E-state index < -0.39 is 0 Å². The summed E-state index contributed by atoms with van der Waals surface area (Å²) < 4.78 is 5.30. The predicted molar refractivity (Wildman–Crippen MR) is 95.6 cm³/mol. The van der Waals surface area contributed by atoms with E-state index in [2.05, 4.69) is 16.9 Å². The van der Waals surface area contributed by atoms with E-state index in [4.69, 9.17) is 9.94 Å². The van der Waals surface area contributed by atoms with Crippen molar-refractivity contribution in [1.82, 2.24) is 10.8 Å². The van der Waals surface area contributed by atoms with Crippen molar-refractivity contribution in [3.8, 4) is 0 Å². The van der Waals surface area contributed by atoms with Crippen molar-refractivity contribution in [3.05, 3.63) is 35.9 Å². The molecule has 3 aliphatic rings. The molecular formula is C19H23N3O4. The number of hydroxylamine groups is 1. The van der Waals surface area contributed by atoms with Gasteiger partial charge in [0.25, 0.3) is 0 Å². The molecule has 1 aromatic rings. The molecule has 2 fully saturated rings. The van der Waals surface area contributed by atoms with Gasteiger partial charge < -0.3 is 15.3 Å². The lowest BCUT2D eigenvalue weighted by Crippen LogP contribution is -2.33. The monoisotopic (exact) mass is 357 g/mol. The number of hydrogen-bond donors (Lipinski definition) is 3. The molecule has 1 aromatic carbocycles. The molecule has 4 rings (SSSR count). The van der Waals surface area contributed by atoms with Crippen LogP contribution in [0.15, 0.2) is 30.3 Å². The first-order valence-corrected chi connectivity index (χ1v) is 8.98. The summed E-state index contributed by atoms with van der Waals surface area (Å²) in [5.74, 6) is 1.55. The molecule has 2 aliphatic carbocycles. The van der Waals surface area contributed by atoms with E-state index in [1.165, 1.54) is 18.1 Å². The van der Waals surface area contributed by atoms with Crippen LogP contribution >= 0.6 is 0 Å². The van der Waals surface area contributed by atoms with Crippen LogP contribution in [0.4, 0.5) is 10.5 Å². The molecule has 0 radical (unpaired) electrons. The van der Waals surface area contributed by atoms with E-state index >= 15 is 0 Å². The molecule has 1 heterocycles. The summed E-state index contributed by atoms with van der Waals surface area (Å²) in [7, 11) is 0. The highest BCUT2D eigenvalue weighted by molar-refractivity contribution is 5.90. The van der Waals surface area contributed by atoms with Gasteiger partial charge in [-0.1, -0.05) is 18.2 Å². The Hall–Kier alpha value is -2.38. The van der Waals surface area contributed by atoms with Crippen molar-refractivity contribution in [2.24, 2.45) is 17.8 Å². The molecule has 26 heavy (non-hydrogen) atoms. The number of nitrogens with one attached hydrogen (secondary N) is 2. The topological polar surface area (TPSA) is 90.9 Å². The molecule has 138 valence electrons. The molecule has 3 unspecified atom stereocenters. The number of amides is 2. The van der Waals surface area contributed by atoms with Gasteiger partial charge in [-0.25, -0.2) is 10.3 Å². The van der Waals surface area contributed by atoms with Crippen LogP contribution in [-0.4, -0.2) is 42.9 Å². The molecule has 0 spiro atoms. The maximum Gasteiger partial charge on any atom is 0.414 e. The third-order valence-electron chi connectivity index (χ3n) is 5.59. The van der Waals surface area contributed by atoms with E-state index in [0.29, 0.717) is 37.4 Å². The summed E-state index contributed by atoms with van der Waals surface area (Å²) in [6.45, 7) is 2.83. The minimum absolute atomic E-state index is 0.137. The Morgan fingerprint density at radius 3 is 2.77 bits per heavy atom. The number of ether oxygens (including phenoxy) is 1. The number of anilines is 1. The Morgan fingerprint density at radius 2 is 2.08 bits per heavy atom. The lowest BCUT2D eigenvalue weighted by molar-refractivity contribution is -0.119. The van der Waals surface area contributed by atoms with Crippen molar-refractivity contribution in [2.75, 3.05) is 24.5 Å². The van der Waals surface area contributed by atoms with Gasteiger partial charge in [-0.3, -0.25) is 9.69 Å². The molecule has 1 saturated heterocycles. The summed E-state index contributed by atoms with van der Waals surface area (Å²) in [4.78, 5) is 24.7. The van der Waals surface area contributed by atoms with Crippen LogP contribution in [0.3, 0.4) is 0 Å². The summed E-state index contributed by atoms with van der Waals surface area (Å²) in [6.07, 6.45) is 2.63. The molecule has 0 bridgehead atoms. The minimum atomic E-state index is -0.385. The first-order chi connectivity index (χ1) is 12.6. The highest BCUT2D eigenvalue weighted by Crippen LogP contribution is 2.60. The van der Waals surface area contributed by atoms with Gasteiger partial charge in [0.05, 0.1) is 13.1 Å². The number of carbonyl (C=O) groups is 2. The number of benzene rings is 1. The summed E-state index contributed by atoms with van der Waals surface area (Å²) in [5.41, 5.74) is 5.60. The highest BCUT2D eigenvalue weighted by atomic mass is 16.6. The van der Waals surface area contributed by atoms with E-state index in [1.54, 1.807) is 4.90 Å². The number of carbonyl (C=O) groups excluding carboxylic acids is 2. The Labute approximate surface area is 152 Å². The molecule has 1 saturated carbocycles. The number of cyclic esters (lactones) is 1. The molecule has 0 aromatic heterocycles. The van der Waals surface area contributed by atoms with Crippen LogP contribution in [0.5, 0.6) is 0 Å². The van der Waals surface area contributed by atoms with Crippen molar-refractivity contribution in [1.29, 1.82) is 0 Å². The first kappa shape index (κ1) is 17.1. The Bertz CT molecular complexity index is 746. The van der Waals surface area contributed by atoms with Crippen LogP contribution in [0, 0.1) is 17.8 Å². The zero-order valence-corrected chi connectivity index (χ0v) is 14.6. The highest BCUT2D eigenvalue weighted by Gasteiger charge is 2.53. The zero-order chi connectivity index (χ0) is 18.3. The zero-order valence-electron chi connectivity index (χ0n) is 14.6. The molecule has 1 aliphatic heterocycles. The summed E-state index contributed by atoms with van der Waals surface area (Å²) in [6, 6.07) is 7.96. The van der Waals surface area contributed by atoms with E-state index in [1.807, 2.05) is 24.3 Å². The van der Waals surface area contributed by atoms with Crippen LogP contribution in [0.25, 0.3) is 5.57 Å². The molecule has 2 amide bonds. The van der Waals surface area contributed by atoms with E-state index in [9.17, 15) is 9.59 Å². The maximum atomic E-state index is 12.1. The summed E-state index contributed by atoms with van der Waals surface area (Å²) >= 11 is 0. The summed E-state index contributed by atoms with van der Waals surface area (Å²) in [5, 5.41) is 11.6. The normalized spacial score (nSPS) is 29.2. The van der Waals surface area contributed by atoms with Gasteiger partial charge >= 0.3 is 6.09 Å². The molecule has 7 heteroatoms. The van der Waals surface area contributed by atoms with Gasteiger partial charge in [-0.2, -0.15) is 0 Å². The molecule has 7 nitrogen and oxygen atoms in total. The quantitative estimate of drug-likeness (QED) is 0.675. The molecule has 3 N–H and O–H groups in total.